The maximum absolute atomic E-state index is 13.4. The van der Waals surface area contributed by atoms with E-state index >= 15 is 0 Å². The van der Waals surface area contributed by atoms with Crippen LogP contribution in [0.4, 0.5) is 4.39 Å². The second-order valence-corrected chi connectivity index (χ2v) is 7.98. The van der Waals surface area contributed by atoms with Gasteiger partial charge in [-0.1, -0.05) is 13.0 Å². The van der Waals surface area contributed by atoms with Crippen molar-refractivity contribution in [3.05, 3.63) is 30.1 Å². The molecule has 0 spiro atoms. The first-order valence-corrected chi connectivity index (χ1v) is 11.5. The number of unbranched alkanes of at least 4 members (excludes halogenated alkanes) is 1. The molecule has 0 radical (unpaired) electrons. The lowest BCUT2D eigenvalue weighted by atomic mass is 9.96. The summed E-state index contributed by atoms with van der Waals surface area (Å²) in [5, 5.41) is 6.64. The highest BCUT2D eigenvalue weighted by Crippen LogP contribution is 2.17. The Morgan fingerprint density at radius 3 is 2.66 bits per heavy atom. The van der Waals surface area contributed by atoms with Crippen molar-refractivity contribution in [1.29, 1.82) is 0 Å². The van der Waals surface area contributed by atoms with E-state index in [1.165, 1.54) is 12.1 Å². The third-order valence-corrected chi connectivity index (χ3v) is 5.53. The predicted octanol–water partition coefficient (Wildman–Crippen LogP) is 3.13. The molecule has 182 valence electrons. The summed E-state index contributed by atoms with van der Waals surface area (Å²) in [6.45, 7) is 9.13. The zero-order valence-electron chi connectivity index (χ0n) is 19.3. The van der Waals surface area contributed by atoms with E-state index in [0.29, 0.717) is 12.3 Å². The number of hydrogen-bond acceptors (Lipinski definition) is 4. The highest BCUT2D eigenvalue weighted by atomic mass is 127. The molecule has 1 aromatic carbocycles. The molecule has 1 heterocycles. The monoisotopic (exact) mass is 563 g/mol. The van der Waals surface area contributed by atoms with Crippen LogP contribution in [0.25, 0.3) is 0 Å². The number of nitrogens with one attached hydrogen (secondary N) is 2. The molecule has 0 aliphatic carbocycles. The van der Waals surface area contributed by atoms with Crippen LogP contribution in [-0.4, -0.2) is 62.1 Å². The fourth-order valence-corrected chi connectivity index (χ4v) is 3.63. The number of primary amides is 1. The minimum Gasteiger partial charge on any atom is -0.488 e. The summed E-state index contributed by atoms with van der Waals surface area (Å²) >= 11 is 0. The number of amides is 1. The van der Waals surface area contributed by atoms with Gasteiger partial charge in [0.1, 0.15) is 17.7 Å². The van der Waals surface area contributed by atoms with Crippen molar-refractivity contribution >= 4 is 35.8 Å². The average Bonchev–Trinajstić information content (AvgIpc) is 2.76. The fraction of sp³-hybridized carbons (Fsp3) is 0.652. The second-order valence-electron chi connectivity index (χ2n) is 7.98. The first kappa shape index (κ1) is 28.4. The van der Waals surface area contributed by atoms with Gasteiger partial charge in [0.2, 0.25) is 5.91 Å². The topological polar surface area (TPSA) is 92.0 Å². The predicted molar refractivity (Wildman–Crippen MR) is 138 cm³/mol. The first-order valence-electron chi connectivity index (χ1n) is 11.5. The number of guanidine groups is 1. The minimum absolute atomic E-state index is 0. The molecular formula is C23H39FIN5O2. The quantitative estimate of drug-likeness (QED) is 0.157. The smallest absolute Gasteiger partial charge is 0.220 e. The Kier molecular flexibility index (Phi) is 14.3. The summed E-state index contributed by atoms with van der Waals surface area (Å²) in [6, 6.07) is 6.20. The Bertz CT molecular complexity index is 699. The minimum atomic E-state index is -0.303. The van der Waals surface area contributed by atoms with Gasteiger partial charge in [0.25, 0.3) is 0 Å². The zero-order valence-corrected chi connectivity index (χ0v) is 21.6. The highest BCUT2D eigenvalue weighted by Gasteiger charge is 2.22. The number of ether oxygens (including phenoxy) is 1. The molecule has 1 amide bonds. The van der Waals surface area contributed by atoms with Gasteiger partial charge in [-0.05, 0) is 70.8 Å². The van der Waals surface area contributed by atoms with Crippen LogP contribution in [0.3, 0.4) is 0 Å². The third-order valence-electron chi connectivity index (χ3n) is 5.53. The number of piperidine rings is 1. The summed E-state index contributed by atoms with van der Waals surface area (Å²) in [7, 11) is 0. The summed E-state index contributed by atoms with van der Waals surface area (Å²) in [5.41, 5.74) is 5.40. The zero-order chi connectivity index (χ0) is 22.5. The Morgan fingerprint density at radius 2 is 2.03 bits per heavy atom. The van der Waals surface area contributed by atoms with E-state index in [0.717, 1.165) is 70.8 Å². The molecule has 0 bridgehead atoms. The van der Waals surface area contributed by atoms with Gasteiger partial charge in [0.05, 0.1) is 6.54 Å². The largest absolute Gasteiger partial charge is 0.488 e. The van der Waals surface area contributed by atoms with Crippen molar-refractivity contribution in [2.24, 2.45) is 16.6 Å². The van der Waals surface area contributed by atoms with E-state index in [9.17, 15) is 9.18 Å². The van der Waals surface area contributed by atoms with Crippen LogP contribution >= 0.6 is 24.0 Å². The van der Waals surface area contributed by atoms with Crippen molar-refractivity contribution in [2.45, 2.75) is 52.1 Å². The molecule has 1 fully saturated rings. The van der Waals surface area contributed by atoms with Gasteiger partial charge < -0.3 is 26.0 Å². The van der Waals surface area contributed by atoms with E-state index < -0.39 is 0 Å². The average molecular weight is 564 g/mol. The van der Waals surface area contributed by atoms with Crippen LogP contribution < -0.4 is 21.1 Å². The van der Waals surface area contributed by atoms with E-state index in [1.807, 2.05) is 13.8 Å². The standard InChI is InChI=1S/C23H38FN5O2.HI/c1-3-20(31-21-9-7-8-19(24)16-21)17-28-23(26-4-2)27-12-5-6-13-29-14-10-18(11-15-29)22(25)30;/h7-9,16,18,20H,3-6,10-15,17H2,1-2H3,(H2,25,30)(H2,26,27,28);1H. The molecule has 1 aliphatic heterocycles. The lowest BCUT2D eigenvalue weighted by molar-refractivity contribution is -0.123. The first-order chi connectivity index (χ1) is 15.0. The van der Waals surface area contributed by atoms with Crippen molar-refractivity contribution in [2.75, 3.05) is 39.3 Å². The SMILES string of the molecule is CCNC(=NCC(CC)Oc1cccc(F)c1)NCCCCN1CCC(C(N)=O)CC1.I. The number of benzene rings is 1. The number of rotatable bonds is 12. The van der Waals surface area contributed by atoms with E-state index in [2.05, 4.69) is 20.5 Å². The van der Waals surface area contributed by atoms with Crippen LogP contribution in [-0.2, 0) is 4.79 Å². The van der Waals surface area contributed by atoms with Crippen molar-refractivity contribution in [3.8, 4) is 5.75 Å². The van der Waals surface area contributed by atoms with Crippen LogP contribution in [0.15, 0.2) is 29.3 Å². The van der Waals surface area contributed by atoms with Gasteiger partial charge in [-0.15, -0.1) is 24.0 Å². The Labute approximate surface area is 208 Å². The Morgan fingerprint density at radius 1 is 1.28 bits per heavy atom. The summed E-state index contributed by atoms with van der Waals surface area (Å²) < 4.78 is 19.2. The second kappa shape index (κ2) is 16.1. The lowest BCUT2D eigenvalue weighted by Gasteiger charge is -2.30. The van der Waals surface area contributed by atoms with Crippen LogP contribution in [0, 0.1) is 11.7 Å². The number of carbonyl (C=O) groups is 1. The number of likely N-dealkylation sites (tertiary alicyclic amines) is 1. The Balaban J connectivity index is 0.00000512. The van der Waals surface area contributed by atoms with Crippen molar-refractivity contribution in [1.82, 2.24) is 15.5 Å². The maximum Gasteiger partial charge on any atom is 0.220 e. The number of hydrogen-bond donors (Lipinski definition) is 3. The lowest BCUT2D eigenvalue weighted by Crippen LogP contribution is -2.40. The molecule has 2 rings (SSSR count). The molecule has 7 nitrogen and oxygen atoms in total. The summed E-state index contributed by atoms with van der Waals surface area (Å²) in [5.74, 6) is 0.883. The van der Waals surface area contributed by atoms with E-state index in [1.54, 1.807) is 12.1 Å². The van der Waals surface area contributed by atoms with Gasteiger partial charge >= 0.3 is 0 Å². The number of nitrogens with two attached hydrogens (primary N) is 1. The molecule has 0 aromatic heterocycles. The van der Waals surface area contributed by atoms with Crippen LogP contribution in [0.5, 0.6) is 5.75 Å². The van der Waals surface area contributed by atoms with Crippen LogP contribution in [0.2, 0.25) is 0 Å². The van der Waals surface area contributed by atoms with Gasteiger partial charge in [-0.25, -0.2) is 9.38 Å². The number of carbonyl (C=O) groups excluding carboxylic acids is 1. The molecule has 4 N–H and O–H groups in total. The molecule has 9 heteroatoms. The van der Waals surface area contributed by atoms with Gasteiger partial charge in [-0.3, -0.25) is 4.79 Å². The van der Waals surface area contributed by atoms with Gasteiger partial charge in [0, 0.05) is 25.1 Å². The molecule has 1 aliphatic rings. The van der Waals surface area contributed by atoms with E-state index in [4.69, 9.17) is 10.5 Å². The molecular weight excluding hydrogens is 524 g/mol. The maximum atomic E-state index is 13.4. The van der Waals surface area contributed by atoms with Gasteiger partial charge in [-0.2, -0.15) is 0 Å². The Hall–Kier alpha value is -1.62. The van der Waals surface area contributed by atoms with Crippen molar-refractivity contribution in [3.63, 3.8) is 0 Å². The van der Waals surface area contributed by atoms with Gasteiger partial charge in [0.15, 0.2) is 5.96 Å². The fourth-order valence-electron chi connectivity index (χ4n) is 3.63. The number of nitrogens with zero attached hydrogens (tertiary/aromatic N) is 2. The third kappa shape index (κ3) is 10.8. The molecule has 1 saturated heterocycles. The highest BCUT2D eigenvalue weighted by molar-refractivity contribution is 14.0. The van der Waals surface area contributed by atoms with E-state index in [-0.39, 0.29) is 47.7 Å². The molecule has 32 heavy (non-hydrogen) atoms. The number of halogens is 2. The molecule has 1 atom stereocenters. The molecule has 0 saturated carbocycles. The normalized spacial score (nSPS) is 16.2. The molecule has 1 unspecified atom stereocenters. The van der Waals surface area contributed by atoms with Crippen LogP contribution in [0.1, 0.15) is 46.0 Å². The molecule has 1 aromatic rings. The summed E-state index contributed by atoms with van der Waals surface area (Å²) in [6.07, 6.45) is 4.56. The van der Waals surface area contributed by atoms with Crippen molar-refractivity contribution < 1.29 is 13.9 Å². The number of aliphatic imine (C=N–C) groups is 1. The summed E-state index contributed by atoms with van der Waals surface area (Å²) in [4.78, 5) is 18.3.